The number of halogens is 4. The predicted molar refractivity (Wildman–Crippen MR) is 77.6 cm³/mol. The largest absolute Gasteiger partial charge is 0.416 e. The van der Waals surface area contributed by atoms with Crippen molar-refractivity contribution >= 4 is 17.4 Å². The Labute approximate surface area is 127 Å². The number of hydrogen-bond donors (Lipinski definition) is 1. The molecule has 1 saturated heterocycles. The quantitative estimate of drug-likeness (QED) is 0.856. The number of anilines is 1. The summed E-state index contributed by atoms with van der Waals surface area (Å²) in [5, 5.41) is 2.86. The molecular formula is C14H19ClF3N3. The maximum Gasteiger partial charge on any atom is 0.416 e. The van der Waals surface area contributed by atoms with E-state index in [-0.39, 0.29) is 16.4 Å². The second-order valence-electron chi connectivity index (χ2n) is 6.03. The van der Waals surface area contributed by atoms with Crippen LogP contribution in [-0.2, 0) is 6.18 Å². The molecule has 1 aliphatic heterocycles. The molecule has 0 radical (unpaired) electrons. The van der Waals surface area contributed by atoms with Gasteiger partial charge in [-0.05, 0) is 50.5 Å². The molecule has 1 fully saturated rings. The van der Waals surface area contributed by atoms with Gasteiger partial charge in [0.2, 0.25) is 0 Å². The number of piperidine rings is 1. The van der Waals surface area contributed by atoms with Crippen LogP contribution < -0.4 is 5.32 Å². The molecule has 7 heteroatoms. The molecule has 0 amide bonds. The summed E-state index contributed by atoms with van der Waals surface area (Å²) in [6.45, 7) is 4.72. The Hall–Kier alpha value is -1.01. The van der Waals surface area contributed by atoms with Crippen molar-refractivity contribution in [1.29, 1.82) is 0 Å². The van der Waals surface area contributed by atoms with E-state index in [9.17, 15) is 13.2 Å². The van der Waals surface area contributed by atoms with Crippen LogP contribution >= 0.6 is 11.6 Å². The highest BCUT2D eigenvalue weighted by Gasteiger charge is 2.32. The third kappa shape index (κ3) is 4.48. The van der Waals surface area contributed by atoms with Gasteiger partial charge in [0.05, 0.1) is 5.56 Å². The SMILES string of the molecule is CN1CCC(C)(CNc2cc(C(F)(F)F)cc(Cl)n2)CC1. The van der Waals surface area contributed by atoms with E-state index in [0.717, 1.165) is 38.1 Å². The Morgan fingerprint density at radius 2 is 1.95 bits per heavy atom. The van der Waals surface area contributed by atoms with E-state index in [2.05, 4.69) is 29.2 Å². The number of rotatable bonds is 3. The molecule has 0 bridgehead atoms. The van der Waals surface area contributed by atoms with Gasteiger partial charge in [-0.25, -0.2) is 4.98 Å². The van der Waals surface area contributed by atoms with Crippen molar-refractivity contribution in [3.05, 3.63) is 22.8 Å². The topological polar surface area (TPSA) is 28.2 Å². The maximum absolute atomic E-state index is 12.7. The highest BCUT2D eigenvalue weighted by molar-refractivity contribution is 6.29. The molecule has 3 nitrogen and oxygen atoms in total. The monoisotopic (exact) mass is 321 g/mol. The molecule has 0 aromatic carbocycles. The van der Waals surface area contributed by atoms with Gasteiger partial charge in [0, 0.05) is 6.54 Å². The number of alkyl halides is 3. The molecule has 0 aliphatic carbocycles. The molecule has 0 atom stereocenters. The summed E-state index contributed by atoms with van der Waals surface area (Å²) in [6.07, 6.45) is -2.41. The number of likely N-dealkylation sites (tertiary alicyclic amines) is 1. The molecule has 0 saturated carbocycles. The van der Waals surface area contributed by atoms with Crippen molar-refractivity contribution in [3.63, 3.8) is 0 Å². The Morgan fingerprint density at radius 1 is 1.33 bits per heavy atom. The molecule has 21 heavy (non-hydrogen) atoms. The van der Waals surface area contributed by atoms with Crippen molar-refractivity contribution in [2.24, 2.45) is 5.41 Å². The summed E-state index contributed by atoms with van der Waals surface area (Å²) in [5.41, 5.74) is -0.715. The van der Waals surface area contributed by atoms with Crippen molar-refractivity contribution in [2.75, 3.05) is 32.0 Å². The van der Waals surface area contributed by atoms with Crippen molar-refractivity contribution < 1.29 is 13.2 Å². The summed E-state index contributed by atoms with van der Waals surface area (Å²) < 4.78 is 38.2. The molecule has 1 aliphatic rings. The first-order valence-electron chi connectivity index (χ1n) is 6.85. The number of nitrogens with zero attached hydrogens (tertiary/aromatic N) is 2. The van der Waals surface area contributed by atoms with Crippen LogP contribution in [0.1, 0.15) is 25.3 Å². The number of aromatic nitrogens is 1. The van der Waals surface area contributed by atoms with Gasteiger partial charge in [0.25, 0.3) is 0 Å². The van der Waals surface area contributed by atoms with Gasteiger partial charge in [0.15, 0.2) is 0 Å². The Bertz CT molecular complexity index is 497. The fourth-order valence-electron chi connectivity index (χ4n) is 2.39. The zero-order valence-corrected chi connectivity index (χ0v) is 12.9. The molecule has 1 N–H and O–H groups in total. The first-order valence-corrected chi connectivity index (χ1v) is 7.23. The second-order valence-corrected chi connectivity index (χ2v) is 6.42. The summed E-state index contributed by atoms with van der Waals surface area (Å²) in [6, 6.07) is 1.84. The average molecular weight is 322 g/mol. The van der Waals surface area contributed by atoms with Crippen molar-refractivity contribution in [3.8, 4) is 0 Å². The van der Waals surface area contributed by atoms with Gasteiger partial charge in [-0.3, -0.25) is 0 Å². The zero-order chi connectivity index (χ0) is 15.7. The minimum Gasteiger partial charge on any atom is -0.369 e. The fourth-order valence-corrected chi connectivity index (χ4v) is 2.60. The first kappa shape index (κ1) is 16.4. The molecule has 2 heterocycles. The average Bonchev–Trinajstić information content (AvgIpc) is 2.39. The molecule has 1 aromatic rings. The van der Waals surface area contributed by atoms with Gasteiger partial charge in [-0.15, -0.1) is 0 Å². The number of hydrogen-bond acceptors (Lipinski definition) is 3. The maximum atomic E-state index is 12.7. The summed E-state index contributed by atoms with van der Waals surface area (Å²) in [4.78, 5) is 6.17. The molecular weight excluding hydrogens is 303 g/mol. The summed E-state index contributed by atoms with van der Waals surface area (Å²) in [5.74, 6) is 0.176. The number of pyridine rings is 1. The van der Waals surface area contributed by atoms with E-state index in [4.69, 9.17) is 11.6 Å². The van der Waals surface area contributed by atoms with Crippen LogP contribution in [-0.4, -0.2) is 36.6 Å². The highest BCUT2D eigenvalue weighted by Crippen LogP contribution is 2.33. The lowest BCUT2D eigenvalue weighted by Gasteiger charge is -2.38. The molecule has 118 valence electrons. The minimum atomic E-state index is -4.42. The van der Waals surface area contributed by atoms with Crippen LogP contribution in [0.3, 0.4) is 0 Å². The summed E-state index contributed by atoms with van der Waals surface area (Å²) in [7, 11) is 2.07. The van der Waals surface area contributed by atoms with Crippen LogP contribution in [0.25, 0.3) is 0 Å². The molecule has 0 unspecified atom stereocenters. The van der Waals surface area contributed by atoms with E-state index < -0.39 is 11.7 Å². The van der Waals surface area contributed by atoms with Crippen LogP contribution in [0, 0.1) is 5.41 Å². The molecule has 1 aromatic heterocycles. The minimum absolute atomic E-state index is 0.0644. The van der Waals surface area contributed by atoms with Gasteiger partial charge in [-0.2, -0.15) is 13.2 Å². The second kappa shape index (κ2) is 6.01. The van der Waals surface area contributed by atoms with E-state index in [0.29, 0.717) is 6.54 Å². The normalized spacial score (nSPS) is 19.5. The van der Waals surface area contributed by atoms with Crippen LogP contribution in [0.15, 0.2) is 12.1 Å². The van der Waals surface area contributed by atoms with Gasteiger partial charge >= 0.3 is 6.18 Å². The fraction of sp³-hybridized carbons (Fsp3) is 0.643. The van der Waals surface area contributed by atoms with Gasteiger partial charge < -0.3 is 10.2 Å². The molecule has 0 spiro atoms. The standard InChI is InChI=1S/C14H19ClF3N3/c1-13(3-5-21(2)6-4-13)9-19-12-8-10(14(16,17)18)7-11(15)20-12/h7-8H,3-6,9H2,1-2H3,(H,19,20). The summed E-state index contributed by atoms with van der Waals surface area (Å²) >= 11 is 5.67. The van der Waals surface area contributed by atoms with Crippen LogP contribution in [0.2, 0.25) is 5.15 Å². The van der Waals surface area contributed by atoms with Gasteiger partial charge in [-0.1, -0.05) is 18.5 Å². The first-order chi connectivity index (χ1) is 9.68. The Morgan fingerprint density at radius 3 is 2.52 bits per heavy atom. The van der Waals surface area contributed by atoms with Crippen LogP contribution in [0.4, 0.5) is 19.0 Å². The van der Waals surface area contributed by atoms with Gasteiger partial charge in [0.1, 0.15) is 11.0 Å². The van der Waals surface area contributed by atoms with Crippen LogP contribution in [0.5, 0.6) is 0 Å². The lowest BCUT2D eigenvalue weighted by molar-refractivity contribution is -0.137. The van der Waals surface area contributed by atoms with E-state index in [1.165, 1.54) is 0 Å². The molecule has 2 rings (SSSR count). The lowest BCUT2D eigenvalue weighted by Crippen LogP contribution is -2.40. The Kier molecular flexibility index (Phi) is 4.68. The number of nitrogens with one attached hydrogen (secondary N) is 1. The third-order valence-electron chi connectivity index (χ3n) is 4.01. The van der Waals surface area contributed by atoms with Crippen molar-refractivity contribution in [2.45, 2.75) is 25.9 Å². The van der Waals surface area contributed by atoms with E-state index >= 15 is 0 Å². The predicted octanol–water partition coefficient (Wildman–Crippen LogP) is 3.90. The van der Waals surface area contributed by atoms with E-state index in [1.54, 1.807) is 0 Å². The van der Waals surface area contributed by atoms with Crippen molar-refractivity contribution in [1.82, 2.24) is 9.88 Å². The lowest BCUT2D eigenvalue weighted by atomic mass is 9.80. The smallest absolute Gasteiger partial charge is 0.369 e. The zero-order valence-electron chi connectivity index (χ0n) is 12.1. The Balaban J connectivity index is 2.05. The third-order valence-corrected chi connectivity index (χ3v) is 4.21. The highest BCUT2D eigenvalue weighted by atomic mass is 35.5. The van der Waals surface area contributed by atoms with E-state index in [1.807, 2.05) is 0 Å².